The molecule has 1 N–H and O–H groups in total. The molecule has 0 aromatic carbocycles. The van der Waals surface area contributed by atoms with Crippen LogP contribution >= 0.6 is 12.4 Å². The van der Waals surface area contributed by atoms with Gasteiger partial charge in [-0.1, -0.05) is 0 Å². The van der Waals surface area contributed by atoms with Crippen molar-refractivity contribution in [1.29, 1.82) is 0 Å². The van der Waals surface area contributed by atoms with E-state index in [9.17, 15) is 10.1 Å². The third kappa shape index (κ3) is 3.54. The van der Waals surface area contributed by atoms with Crippen LogP contribution in [0.1, 0.15) is 12.8 Å². The van der Waals surface area contributed by atoms with E-state index < -0.39 is 4.92 Å². The molecular weight excluding hydrogens is 246 g/mol. The topological polar surface area (TPSA) is 77.3 Å². The number of piperidine rings is 1. The van der Waals surface area contributed by atoms with Crippen molar-refractivity contribution in [2.24, 2.45) is 0 Å². The fourth-order valence-corrected chi connectivity index (χ4v) is 1.70. The Morgan fingerprint density at radius 3 is 2.82 bits per heavy atom. The second-order valence-electron chi connectivity index (χ2n) is 3.67. The lowest BCUT2D eigenvalue weighted by Gasteiger charge is -2.23. The van der Waals surface area contributed by atoms with E-state index in [4.69, 9.17) is 4.74 Å². The van der Waals surface area contributed by atoms with Crippen molar-refractivity contribution in [3.8, 4) is 5.75 Å². The van der Waals surface area contributed by atoms with Crippen LogP contribution in [-0.2, 0) is 0 Å². The van der Waals surface area contributed by atoms with Crippen LogP contribution in [0.2, 0.25) is 0 Å². The Morgan fingerprint density at radius 2 is 2.18 bits per heavy atom. The summed E-state index contributed by atoms with van der Waals surface area (Å²) >= 11 is 0. The lowest BCUT2D eigenvalue weighted by atomic mass is 10.1. The number of aromatic nitrogens is 1. The maximum atomic E-state index is 10.7. The molecule has 6 nitrogen and oxygen atoms in total. The minimum atomic E-state index is -0.469. The molecule has 2 rings (SSSR count). The first-order valence-corrected chi connectivity index (χ1v) is 5.23. The van der Waals surface area contributed by atoms with E-state index in [2.05, 4.69) is 10.3 Å². The van der Waals surface area contributed by atoms with Gasteiger partial charge in [0.25, 0.3) is 0 Å². The summed E-state index contributed by atoms with van der Waals surface area (Å²) < 4.78 is 5.63. The number of nitrogens with one attached hydrogen (secondary N) is 1. The summed E-state index contributed by atoms with van der Waals surface area (Å²) in [5.74, 6) is 0.312. The highest BCUT2D eigenvalue weighted by Gasteiger charge is 2.20. The molecule has 1 aliphatic heterocycles. The summed E-state index contributed by atoms with van der Waals surface area (Å²) in [5, 5.41) is 13.9. The third-order valence-corrected chi connectivity index (χ3v) is 2.54. The molecule has 17 heavy (non-hydrogen) atoms. The SMILES string of the molecule is Cl.O=[N+]([O-])c1cnccc1OC1CCNCC1. The highest BCUT2D eigenvalue weighted by atomic mass is 35.5. The van der Waals surface area contributed by atoms with E-state index in [1.165, 1.54) is 12.4 Å². The van der Waals surface area contributed by atoms with Crippen LogP contribution in [0.3, 0.4) is 0 Å². The van der Waals surface area contributed by atoms with Crippen molar-refractivity contribution in [3.63, 3.8) is 0 Å². The van der Waals surface area contributed by atoms with Crippen molar-refractivity contribution >= 4 is 18.1 Å². The largest absolute Gasteiger partial charge is 0.483 e. The van der Waals surface area contributed by atoms with Gasteiger partial charge in [0.1, 0.15) is 12.3 Å². The fourth-order valence-electron chi connectivity index (χ4n) is 1.70. The van der Waals surface area contributed by atoms with E-state index in [1.54, 1.807) is 6.07 Å². The molecule has 0 spiro atoms. The van der Waals surface area contributed by atoms with Crippen LogP contribution < -0.4 is 10.1 Å². The third-order valence-electron chi connectivity index (χ3n) is 2.54. The van der Waals surface area contributed by atoms with Gasteiger partial charge >= 0.3 is 5.69 Å². The molecule has 0 saturated carbocycles. The Labute approximate surface area is 105 Å². The predicted octanol–water partition coefficient (Wildman–Crippen LogP) is 1.54. The van der Waals surface area contributed by atoms with Gasteiger partial charge in [-0.05, 0) is 25.9 Å². The van der Waals surface area contributed by atoms with E-state index in [1.807, 2.05) is 0 Å². The molecule has 2 heterocycles. The van der Waals surface area contributed by atoms with Crippen LogP contribution in [0.5, 0.6) is 5.75 Å². The smallest absolute Gasteiger partial charge is 0.329 e. The van der Waals surface area contributed by atoms with Gasteiger partial charge in [0.15, 0.2) is 0 Å². The first-order valence-electron chi connectivity index (χ1n) is 5.23. The van der Waals surface area contributed by atoms with Gasteiger partial charge in [-0.15, -0.1) is 12.4 Å². The second kappa shape index (κ2) is 6.36. The van der Waals surface area contributed by atoms with Crippen LogP contribution in [0.15, 0.2) is 18.5 Å². The van der Waals surface area contributed by atoms with Crippen molar-refractivity contribution in [2.75, 3.05) is 13.1 Å². The lowest BCUT2D eigenvalue weighted by molar-refractivity contribution is -0.386. The lowest BCUT2D eigenvalue weighted by Crippen LogP contribution is -2.34. The molecule has 0 atom stereocenters. The zero-order valence-corrected chi connectivity index (χ0v) is 9.98. The maximum Gasteiger partial charge on any atom is 0.329 e. The van der Waals surface area contributed by atoms with E-state index in [0.29, 0.717) is 5.75 Å². The molecular formula is C10H14ClN3O3. The van der Waals surface area contributed by atoms with Gasteiger partial charge in [-0.25, -0.2) is 0 Å². The monoisotopic (exact) mass is 259 g/mol. The highest BCUT2D eigenvalue weighted by Crippen LogP contribution is 2.27. The summed E-state index contributed by atoms with van der Waals surface area (Å²) in [4.78, 5) is 14.0. The Morgan fingerprint density at radius 1 is 1.47 bits per heavy atom. The number of pyridine rings is 1. The Kier molecular flexibility index (Phi) is 5.11. The molecule has 0 radical (unpaired) electrons. The Hall–Kier alpha value is -1.40. The second-order valence-corrected chi connectivity index (χ2v) is 3.67. The minimum absolute atomic E-state index is 0. The molecule has 1 aromatic heterocycles. The molecule has 94 valence electrons. The first kappa shape index (κ1) is 13.7. The molecule has 7 heteroatoms. The van der Waals surface area contributed by atoms with Crippen molar-refractivity contribution < 1.29 is 9.66 Å². The Bertz CT molecular complexity index is 383. The normalized spacial score (nSPS) is 16.0. The van der Waals surface area contributed by atoms with Gasteiger partial charge < -0.3 is 10.1 Å². The quantitative estimate of drug-likeness (QED) is 0.658. The summed E-state index contributed by atoms with van der Waals surface area (Å²) in [7, 11) is 0. The summed E-state index contributed by atoms with van der Waals surface area (Å²) in [6.45, 7) is 1.78. The molecule has 0 amide bonds. The summed E-state index contributed by atoms with van der Waals surface area (Å²) in [6, 6.07) is 1.54. The first-order chi connectivity index (χ1) is 7.77. The van der Waals surface area contributed by atoms with Crippen molar-refractivity contribution in [2.45, 2.75) is 18.9 Å². The van der Waals surface area contributed by atoms with E-state index in [-0.39, 0.29) is 24.2 Å². The van der Waals surface area contributed by atoms with E-state index in [0.717, 1.165) is 25.9 Å². The number of nitrogens with zero attached hydrogens (tertiary/aromatic N) is 2. The number of rotatable bonds is 3. The summed E-state index contributed by atoms with van der Waals surface area (Å²) in [5.41, 5.74) is -0.0685. The molecule has 0 bridgehead atoms. The zero-order valence-electron chi connectivity index (χ0n) is 9.17. The number of halogens is 1. The molecule has 0 unspecified atom stereocenters. The number of hydrogen-bond donors (Lipinski definition) is 1. The average Bonchev–Trinajstić information content (AvgIpc) is 2.31. The van der Waals surface area contributed by atoms with Crippen LogP contribution in [-0.4, -0.2) is 29.1 Å². The average molecular weight is 260 g/mol. The van der Waals surface area contributed by atoms with Gasteiger partial charge in [-0.3, -0.25) is 15.1 Å². The molecule has 1 aliphatic rings. The molecule has 1 fully saturated rings. The van der Waals surface area contributed by atoms with Crippen molar-refractivity contribution in [1.82, 2.24) is 10.3 Å². The molecule has 1 aromatic rings. The number of hydrogen-bond acceptors (Lipinski definition) is 5. The zero-order chi connectivity index (χ0) is 11.4. The predicted molar refractivity (Wildman–Crippen MR) is 64.7 cm³/mol. The maximum absolute atomic E-state index is 10.7. The van der Waals surface area contributed by atoms with Gasteiger partial charge in [0.05, 0.1) is 4.92 Å². The van der Waals surface area contributed by atoms with Crippen LogP contribution in [0.4, 0.5) is 5.69 Å². The van der Waals surface area contributed by atoms with Crippen LogP contribution in [0.25, 0.3) is 0 Å². The van der Waals surface area contributed by atoms with Gasteiger partial charge in [0, 0.05) is 12.3 Å². The summed E-state index contributed by atoms with van der Waals surface area (Å²) in [6.07, 6.45) is 4.53. The Balaban J connectivity index is 0.00000144. The van der Waals surface area contributed by atoms with Gasteiger partial charge in [0.2, 0.25) is 5.75 Å². The molecule has 0 aliphatic carbocycles. The minimum Gasteiger partial charge on any atom is -0.483 e. The number of nitro groups is 1. The van der Waals surface area contributed by atoms with Crippen LogP contribution in [0, 0.1) is 10.1 Å². The molecule has 1 saturated heterocycles. The van der Waals surface area contributed by atoms with E-state index >= 15 is 0 Å². The fraction of sp³-hybridized carbons (Fsp3) is 0.500. The standard InChI is InChI=1S/C10H13N3O3.ClH/c14-13(15)9-7-12-6-3-10(9)16-8-1-4-11-5-2-8;/h3,6-8,11H,1-2,4-5H2;1H. The highest BCUT2D eigenvalue weighted by molar-refractivity contribution is 5.85. The van der Waals surface area contributed by atoms with Gasteiger partial charge in [-0.2, -0.15) is 0 Å². The number of ether oxygens (including phenoxy) is 1. The van der Waals surface area contributed by atoms with Crippen molar-refractivity contribution in [3.05, 3.63) is 28.6 Å².